The number of ether oxygens (including phenoxy) is 3. The number of fused-ring (bicyclic) bond motifs is 5. The van der Waals surface area contributed by atoms with Gasteiger partial charge in [0.05, 0.1) is 29.0 Å². The van der Waals surface area contributed by atoms with Crippen molar-refractivity contribution in [3.63, 3.8) is 0 Å². The highest BCUT2D eigenvalue weighted by Crippen LogP contribution is 2.41. The lowest BCUT2D eigenvalue weighted by Gasteiger charge is -2.38. The van der Waals surface area contributed by atoms with E-state index in [9.17, 15) is 39.9 Å². The summed E-state index contributed by atoms with van der Waals surface area (Å²) < 4.78 is 17.6. The summed E-state index contributed by atoms with van der Waals surface area (Å²) in [6, 6.07) is 6.47. The summed E-state index contributed by atoms with van der Waals surface area (Å²) in [6.45, 7) is 3.55. The predicted octanol–water partition coefficient (Wildman–Crippen LogP) is -0.0870. The SMILES string of the molecule is CCc1c2c(nc3ccc(O[C@H]4O[C@H](C(=O)O)[C@@H](O)[C@H](O)[C@H]4O)cc13)-c1cc3c(c(=O)n1C2)COC(=O)[C@]3(O)CC. The number of esters is 1. The number of pyridine rings is 2. The number of carboxylic acid groups (broad SMARTS) is 1. The van der Waals surface area contributed by atoms with E-state index in [4.69, 9.17) is 19.2 Å². The van der Waals surface area contributed by atoms with Crippen LogP contribution < -0.4 is 10.3 Å². The molecule has 41 heavy (non-hydrogen) atoms. The second kappa shape index (κ2) is 9.60. The summed E-state index contributed by atoms with van der Waals surface area (Å²) >= 11 is 0. The summed E-state index contributed by atoms with van der Waals surface area (Å²) in [4.78, 5) is 42.2. The molecule has 13 heteroatoms. The molecular formula is C28H28N2O11. The van der Waals surface area contributed by atoms with Gasteiger partial charge < -0.3 is 44.3 Å². The number of carboxylic acids is 1. The predicted molar refractivity (Wildman–Crippen MR) is 139 cm³/mol. The molecule has 6 rings (SSSR count). The minimum Gasteiger partial charge on any atom is -0.479 e. The number of aromatic nitrogens is 2. The van der Waals surface area contributed by atoms with Crippen molar-refractivity contribution < 1.29 is 49.3 Å². The van der Waals surface area contributed by atoms with Gasteiger partial charge in [0.25, 0.3) is 5.56 Å². The van der Waals surface area contributed by atoms with Crippen LogP contribution >= 0.6 is 0 Å². The summed E-state index contributed by atoms with van der Waals surface area (Å²) in [5.74, 6) is -2.13. The van der Waals surface area contributed by atoms with E-state index in [1.165, 1.54) is 6.07 Å². The molecule has 1 saturated heterocycles. The average molecular weight is 569 g/mol. The first-order valence-corrected chi connectivity index (χ1v) is 13.2. The fourth-order valence-corrected chi connectivity index (χ4v) is 5.90. The van der Waals surface area contributed by atoms with E-state index < -0.39 is 48.2 Å². The maximum absolute atomic E-state index is 13.5. The molecule has 0 radical (unpaired) electrons. The molecule has 0 amide bonds. The Labute approximate surface area is 232 Å². The summed E-state index contributed by atoms with van der Waals surface area (Å²) in [7, 11) is 0. The molecule has 13 nitrogen and oxygen atoms in total. The van der Waals surface area contributed by atoms with E-state index >= 15 is 0 Å². The van der Waals surface area contributed by atoms with Crippen LogP contribution in [0.25, 0.3) is 22.3 Å². The Morgan fingerprint density at radius 2 is 1.88 bits per heavy atom. The Hall–Kier alpha value is -3.88. The van der Waals surface area contributed by atoms with Crippen LogP contribution in [0.5, 0.6) is 5.75 Å². The molecule has 3 aliphatic rings. The molecular weight excluding hydrogens is 540 g/mol. The molecule has 3 aliphatic heterocycles. The molecule has 5 heterocycles. The monoisotopic (exact) mass is 568 g/mol. The Bertz CT molecular complexity index is 1670. The third-order valence-corrected chi connectivity index (χ3v) is 8.20. The number of cyclic esters (lactones) is 1. The van der Waals surface area contributed by atoms with Crippen LogP contribution in [-0.2, 0) is 44.2 Å². The zero-order valence-corrected chi connectivity index (χ0v) is 22.1. The Morgan fingerprint density at radius 1 is 1.12 bits per heavy atom. The van der Waals surface area contributed by atoms with Gasteiger partial charge in [0, 0.05) is 16.5 Å². The molecule has 0 bridgehead atoms. The van der Waals surface area contributed by atoms with E-state index in [0.29, 0.717) is 28.7 Å². The quantitative estimate of drug-likeness (QED) is 0.201. The van der Waals surface area contributed by atoms with Crippen LogP contribution in [0.15, 0.2) is 29.1 Å². The van der Waals surface area contributed by atoms with Gasteiger partial charge in [-0.1, -0.05) is 13.8 Å². The van der Waals surface area contributed by atoms with Crippen LogP contribution in [0.3, 0.4) is 0 Å². The topological polar surface area (TPSA) is 198 Å². The van der Waals surface area contributed by atoms with Crippen molar-refractivity contribution in [1.82, 2.24) is 9.55 Å². The molecule has 2 aromatic heterocycles. The lowest BCUT2D eigenvalue weighted by atomic mass is 9.86. The van der Waals surface area contributed by atoms with E-state index in [1.54, 1.807) is 29.7 Å². The normalized spacial score (nSPS) is 28.5. The molecule has 216 valence electrons. The number of hydrogen-bond donors (Lipinski definition) is 5. The summed E-state index contributed by atoms with van der Waals surface area (Å²) in [6.07, 6.45) is -8.16. The maximum Gasteiger partial charge on any atom is 0.343 e. The van der Waals surface area contributed by atoms with Gasteiger partial charge >= 0.3 is 11.9 Å². The zero-order chi connectivity index (χ0) is 29.4. The zero-order valence-electron chi connectivity index (χ0n) is 22.1. The molecule has 3 aromatic rings. The second-order valence-electron chi connectivity index (χ2n) is 10.4. The Kier molecular flexibility index (Phi) is 6.39. The van der Waals surface area contributed by atoms with Gasteiger partial charge in [0.1, 0.15) is 30.7 Å². The van der Waals surface area contributed by atoms with E-state index in [-0.39, 0.29) is 42.0 Å². The minimum absolute atomic E-state index is 0.0331. The van der Waals surface area contributed by atoms with Gasteiger partial charge in [-0.25, -0.2) is 14.6 Å². The van der Waals surface area contributed by atoms with E-state index in [1.807, 2.05) is 6.92 Å². The van der Waals surface area contributed by atoms with Crippen molar-refractivity contribution >= 4 is 22.8 Å². The van der Waals surface area contributed by atoms with Crippen molar-refractivity contribution in [3.8, 4) is 17.1 Å². The number of aliphatic hydroxyl groups is 4. The first-order valence-electron chi connectivity index (χ1n) is 13.2. The fourth-order valence-electron chi connectivity index (χ4n) is 5.90. The van der Waals surface area contributed by atoms with Crippen molar-refractivity contribution in [1.29, 1.82) is 0 Å². The van der Waals surface area contributed by atoms with Crippen molar-refractivity contribution in [2.75, 3.05) is 0 Å². The lowest BCUT2D eigenvalue weighted by Crippen LogP contribution is -2.61. The molecule has 1 fully saturated rings. The van der Waals surface area contributed by atoms with Crippen LogP contribution in [-0.4, -0.2) is 77.7 Å². The standard InChI is InChI=1S/C28H28N2O11/c1-3-12-13-7-11(40-26-22(33)20(31)21(32)23(41-26)25(35)36)5-6-17(13)29-19-14(12)9-30-18(19)8-16-15(24(30)34)10-39-27(37)28(16,38)4-2/h5-8,20-23,26,31-33,38H,3-4,9-10H2,1-2H3,(H,35,36)/t20-,21-,22+,23-,26-,28-/m0/s1. The highest BCUT2D eigenvalue weighted by atomic mass is 16.7. The van der Waals surface area contributed by atoms with Crippen molar-refractivity contribution in [2.45, 2.75) is 76.1 Å². The largest absolute Gasteiger partial charge is 0.479 e. The number of benzene rings is 1. The number of rotatable bonds is 5. The molecule has 5 N–H and O–H groups in total. The summed E-state index contributed by atoms with van der Waals surface area (Å²) in [5, 5.41) is 51.5. The second-order valence-corrected chi connectivity index (χ2v) is 10.4. The van der Waals surface area contributed by atoms with Crippen LogP contribution in [0.2, 0.25) is 0 Å². The van der Waals surface area contributed by atoms with Gasteiger partial charge in [0.15, 0.2) is 11.7 Å². The number of aryl methyl sites for hydroxylation is 1. The van der Waals surface area contributed by atoms with Gasteiger partial charge in [-0.15, -0.1) is 0 Å². The Balaban J connectivity index is 1.42. The molecule has 0 aliphatic carbocycles. The minimum atomic E-state index is -1.93. The number of aliphatic carboxylic acids is 1. The molecule has 6 atom stereocenters. The van der Waals surface area contributed by atoms with Crippen molar-refractivity contribution in [3.05, 3.63) is 56.9 Å². The number of carbonyl (C=O) groups excluding carboxylic acids is 1. The number of aliphatic hydroxyl groups excluding tert-OH is 3. The first-order chi connectivity index (χ1) is 19.5. The number of hydrogen-bond acceptors (Lipinski definition) is 11. The lowest BCUT2D eigenvalue weighted by molar-refractivity contribution is -0.271. The van der Waals surface area contributed by atoms with E-state index in [2.05, 4.69) is 0 Å². The first kappa shape index (κ1) is 27.3. The highest BCUT2D eigenvalue weighted by molar-refractivity contribution is 5.90. The summed E-state index contributed by atoms with van der Waals surface area (Å²) in [5.41, 5.74) is 1.37. The molecule has 0 unspecified atom stereocenters. The smallest absolute Gasteiger partial charge is 0.343 e. The van der Waals surface area contributed by atoms with Crippen molar-refractivity contribution in [2.24, 2.45) is 0 Å². The third-order valence-electron chi connectivity index (χ3n) is 8.20. The number of nitrogens with zero attached hydrogens (tertiary/aromatic N) is 2. The number of carbonyl (C=O) groups is 2. The molecule has 0 spiro atoms. The average Bonchev–Trinajstić information content (AvgIpc) is 3.32. The Morgan fingerprint density at radius 3 is 2.56 bits per heavy atom. The maximum atomic E-state index is 13.5. The third kappa shape index (κ3) is 3.95. The molecule has 0 saturated carbocycles. The van der Waals surface area contributed by atoms with Gasteiger partial charge in [-0.3, -0.25) is 4.79 Å². The van der Waals surface area contributed by atoms with Crippen LogP contribution in [0.4, 0.5) is 0 Å². The van der Waals surface area contributed by atoms with Crippen LogP contribution in [0.1, 0.15) is 42.5 Å². The van der Waals surface area contributed by atoms with Crippen LogP contribution in [0, 0.1) is 0 Å². The van der Waals surface area contributed by atoms with Gasteiger partial charge in [-0.2, -0.15) is 0 Å². The van der Waals surface area contributed by atoms with E-state index in [0.717, 1.165) is 11.1 Å². The fraction of sp³-hybridized carbons (Fsp3) is 0.429. The van der Waals surface area contributed by atoms with Gasteiger partial charge in [-0.05, 0) is 42.7 Å². The highest BCUT2D eigenvalue weighted by Gasteiger charge is 2.48. The molecule has 1 aromatic carbocycles. The van der Waals surface area contributed by atoms with Gasteiger partial charge in [0.2, 0.25) is 6.29 Å².